The molecule has 9 nitrogen and oxygen atoms in total. The van der Waals surface area contributed by atoms with E-state index in [1.165, 1.54) is 6.07 Å². The van der Waals surface area contributed by atoms with Gasteiger partial charge >= 0.3 is 0 Å². The quantitative estimate of drug-likeness (QED) is 0.450. The van der Waals surface area contributed by atoms with Crippen LogP contribution < -0.4 is 20.5 Å². The Morgan fingerprint density at radius 2 is 1.85 bits per heavy atom. The summed E-state index contributed by atoms with van der Waals surface area (Å²) in [6.45, 7) is 11.4. The molecule has 10 heteroatoms. The van der Waals surface area contributed by atoms with Crippen molar-refractivity contribution in [1.29, 1.82) is 0 Å². The molecule has 2 aromatic rings. The first-order valence-corrected chi connectivity index (χ1v) is 14.9. The molecule has 1 aromatic heterocycles. The molecule has 41 heavy (non-hydrogen) atoms. The summed E-state index contributed by atoms with van der Waals surface area (Å²) in [7, 11) is 0. The second-order valence-corrected chi connectivity index (χ2v) is 11.6. The molecular formula is C31H43FN4O5. The van der Waals surface area contributed by atoms with Crippen molar-refractivity contribution in [3.8, 4) is 5.75 Å². The lowest BCUT2D eigenvalue weighted by atomic mass is 9.79. The zero-order chi connectivity index (χ0) is 29.0. The normalized spacial score (nSPS) is 19.4. The summed E-state index contributed by atoms with van der Waals surface area (Å²) >= 11 is 0. The summed E-state index contributed by atoms with van der Waals surface area (Å²) in [6, 6.07) is 5.25. The Morgan fingerprint density at radius 3 is 2.49 bits per heavy atom. The highest BCUT2D eigenvalue weighted by Crippen LogP contribution is 2.40. The highest BCUT2D eigenvalue weighted by atomic mass is 19.1. The molecular weight excluding hydrogens is 527 g/mol. The molecule has 5 rings (SSSR count). The molecule has 3 aliphatic rings. The number of morpholine rings is 1. The molecule has 0 bridgehead atoms. The smallest absolute Gasteiger partial charge is 0.254 e. The average molecular weight is 571 g/mol. The Kier molecular flexibility index (Phi) is 9.31. The minimum Gasteiger partial charge on any atom is -0.486 e. The lowest BCUT2D eigenvalue weighted by molar-refractivity contribution is -0.0581. The Labute approximate surface area is 241 Å². The fraction of sp³-hybridized carbons (Fsp3) is 0.613. The monoisotopic (exact) mass is 570 g/mol. The second-order valence-electron chi connectivity index (χ2n) is 11.6. The number of ether oxygens (including phenoxy) is 3. The van der Waals surface area contributed by atoms with E-state index < -0.39 is 11.7 Å². The fourth-order valence-corrected chi connectivity index (χ4v) is 6.28. The third-order valence-corrected chi connectivity index (χ3v) is 8.69. The van der Waals surface area contributed by atoms with E-state index in [1.807, 2.05) is 31.7 Å². The molecule has 0 spiro atoms. The predicted molar refractivity (Wildman–Crippen MR) is 155 cm³/mol. The van der Waals surface area contributed by atoms with E-state index in [2.05, 4.69) is 15.2 Å². The van der Waals surface area contributed by atoms with Crippen molar-refractivity contribution in [3.05, 3.63) is 56.8 Å². The number of pyridine rings is 1. The topological polar surface area (TPSA) is 96.1 Å². The Bertz CT molecular complexity index is 1280. The number of hydrogen-bond donors (Lipinski definition) is 2. The number of halogens is 1. The molecule has 3 fully saturated rings. The minimum atomic E-state index is -0.576. The molecule has 0 atom stereocenters. The van der Waals surface area contributed by atoms with Crippen molar-refractivity contribution in [2.45, 2.75) is 71.1 Å². The molecule has 1 aromatic carbocycles. The Hall–Kier alpha value is -2.95. The van der Waals surface area contributed by atoms with Crippen LogP contribution in [0.4, 0.5) is 10.1 Å². The van der Waals surface area contributed by atoms with Gasteiger partial charge in [-0.1, -0.05) is 0 Å². The van der Waals surface area contributed by atoms with E-state index in [0.717, 1.165) is 63.0 Å². The van der Waals surface area contributed by atoms with Crippen LogP contribution in [-0.2, 0) is 16.0 Å². The van der Waals surface area contributed by atoms with Crippen LogP contribution in [0.15, 0.2) is 23.0 Å². The molecule has 2 saturated heterocycles. The van der Waals surface area contributed by atoms with Crippen LogP contribution in [-0.4, -0.2) is 80.0 Å². The van der Waals surface area contributed by atoms with Gasteiger partial charge in [-0.15, -0.1) is 0 Å². The standard InChI is InChI=1S/C31H43FN4O5/c1-4-36(23-6-12-39-13-7-23)27-18-24(41-31(8-5-9-31)20-35-10-14-40-15-11-35)17-25(28(27)32)29(37)33-19-26-21(2)16-22(3)34-30(26)38/h16-18,23H,4-15,19-20H2,1-3H3,(H,33,37)(H,34,38). The van der Waals surface area contributed by atoms with Gasteiger partial charge in [0, 0.05) is 69.3 Å². The largest absolute Gasteiger partial charge is 0.486 e. The number of nitrogens with one attached hydrogen (secondary N) is 2. The van der Waals surface area contributed by atoms with Crippen molar-refractivity contribution in [3.63, 3.8) is 0 Å². The Balaban J connectivity index is 1.45. The highest BCUT2D eigenvalue weighted by molar-refractivity contribution is 5.96. The molecule has 2 N–H and O–H groups in total. The summed E-state index contributed by atoms with van der Waals surface area (Å²) in [6.07, 6.45) is 4.46. The van der Waals surface area contributed by atoms with Crippen molar-refractivity contribution in [2.24, 2.45) is 0 Å². The van der Waals surface area contributed by atoms with Crippen molar-refractivity contribution in [1.82, 2.24) is 15.2 Å². The molecule has 1 amide bonds. The van der Waals surface area contributed by atoms with E-state index in [-0.39, 0.29) is 29.3 Å². The molecule has 2 aliphatic heterocycles. The zero-order valence-corrected chi connectivity index (χ0v) is 24.5. The summed E-state index contributed by atoms with van der Waals surface area (Å²) in [5.74, 6) is -0.657. The Morgan fingerprint density at radius 1 is 1.15 bits per heavy atom. The van der Waals surface area contributed by atoms with Gasteiger partial charge in [-0.05, 0) is 70.6 Å². The first-order chi connectivity index (χ1) is 19.8. The van der Waals surface area contributed by atoms with Gasteiger partial charge in [0.1, 0.15) is 11.4 Å². The second kappa shape index (κ2) is 12.9. The van der Waals surface area contributed by atoms with E-state index in [1.54, 1.807) is 6.07 Å². The number of amides is 1. The van der Waals surface area contributed by atoms with Crippen LogP contribution in [0.25, 0.3) is 0 Å². The minimum absolute atomic E-state index is 0.00143. The third kappa shape index (κ3) is 6.76. The highest BCUT2D eigenvalue weighted by Gasteiger charge is 2.42. The van der Waals surface area contributed by atoms with E-state index in [9.17, 15) is 9.59 Å². The molecule has 0 unspecified atom stereocenters. The molecule has 1 saturated carbocycles. The fourth-order valence-electron chi connectivity index (χ4n) is 6.28. The summed E-state index contributed by atoms with van der Waals surface area (Å²) < 4.78 is 34.0. The van der Waals surface area contributed by atoms with Crippen LogP contribution in [0, 0.1) is 19.7 Å². The molecule has 0 radical (unpaired) electrons. The third-order valence-electron chi connectivity index (χ3n) is 8.69. The number of H-pyrrole nitrogens is 1. The van der Waals surface area contributed by atoms with Crippen molar-refractivity contribution in [2.75, 3.05) is 57.5 Å². The molecule has 1 aliphatic carbocycles. The van der Waals surface area contributed by atoms with Gasteiger partial charge in [0.15, 0.2) is 5.82 Å². The number of aromatic amines is 1. The number of aromatic nitrogens is 1. The maximum atomic E-state index is 16.3. The molecule has 3 heterocycles. The average Bonchev–Trinajstić information content (AvgIpc) is 2.94. The number of anilines is 1. The van der Waals surface area contributed by atoms with Gasteiger partial charge < -0.3 is 29.4 Å². The lowest BCUT2D eigenvalue weighted by Gasteiger charge is -2.46. The van der Waals surface area contributed by atoms with Gasteiger partial charge in [0.25, 0.3) is 11.5 Å². The van der Waals surface area contributed by atoms with Gasteiger partial charge in [0.2, 0.25) is 0 Å². The van der Waals surface area contributed by atoms with Crippen molar-refractivity contribution >= 4 is 11.6 Å². The maximum absolute atomic E-state index is 16.3. The van der Waals surface area contributed by atoms with Gasteiger partial charge in [-0.25, -0.2) is 4.39 Å². The SMILES string of the molecule is CCN(c1cc(OC2(CN3CCOCC3)CCC2)cc(C(=O)NCc2c(C)cc(C)[nH]c2=O)c1F)C1CCOCC1. The van der Waals surface area contributed by atoms with Crippen LogP contribution >= 0.6 is 0 Å². The lowest BCUT2D eigenvalue weighted by Crippen LogP contribution is -2.54. The summed E-state index contributed by atoms with van der Waals surface area (Å²) in [5.41, 5.74) is 1.63. The van der Waals surface area contributed by atoms with Crippen LogP contribution in [0.1, 0.15) is 66.2 Å². The predicted octanol–water partition coefficient (Wildman–Crippen LogP) is 3.70. The van der Waals surface area contributed by atoms with E-state index in [0.29, 0.717) is 50.0 Å². The van der Waals surface area contributed by atoms with E-state index in [4.69, 9.17) is 14.2 Å². The number of carbonyl (C=O) groups excluding carboxylic acids is 1. The maximum Gasteiger partial charge on any atom is 0.254 e. The molecule has 224 valence electrons. The van der Waals surface area contributed by atoms with Crippen molar-refractivity contribution < 1.29 is 23.4 Å². The summed E-state index contributed by atoms with van der Waals surface area (Å²) in [4.78, 5) is 33.2. The zero-order valence-electron chi connectivity index (χ0n) is 24.5. The number of rotatable bonds is 10. The van der Waals surface area contributed by atoms with Crippen LogP contribution in [0.2, 0.25) is 0 Å². The first kappa shape index (κ1) is 29.5. The van der Waals surface area contributed by atoms with Crippen LogP contribution in [0.3, 0.4) is 0 Å². The number of aryl methyl sites for hydroxylation is 2. The number of hydrogen-bond acceptors (Lipinski definition) is 7. The number of nitrogens with zero attached hydrogens (tertiary/aromatic N) is 2. The summed E-state index contributed by atoms with van der Waals surface area (Å²) in [5, 5.41) is 2.79. The first-order valence-electron chi connectivity index (χ1n) is 14.9. The number of carbonyl (C=O) groups is 1. The number of benzene rings is 1. The van der Waals surface area contributed by atoms with Gasteiger partial charge in [-0.2, -0.15) is 0 Å². The van der Waals surface area contributed by atoms with Crippen LogP contribution in [0.5, 0.6) is 5.75 Å². The van der Waals surface area contributed by atoms with Gasteiger partial charge in [0.05, 0.1) is 24.5 Å². The van der Waals surface area contributed by atoms with Gasteiger partial charge in [-0.3, -0.25) is 14.5 Å². The van der Waals surface area contributed by atoms with E-state index >= 15 is 4.39 Å².